The van der Waals surface area contributed by atoms with Gasteiger partial charge in [-0.2, -0.15) is 0 Å². The average molecular weight is 908 g/mol. The van der Waals surface area contributed by atoms with Crippen LogP contribution >= 0.6 is 22.9 Å². The molecule has 15 heteroatoms. The van der Waals surface area contributed by atoms with Gasteiger partial charge >= 0.3 is 11.9 Å². The summed E-state index contributed by atoms with van der Waals surface area (Å²) in [5.41, 5.74) is -0.0895. The fourth-order valence-electron chi connectivity index (χ4n) is 10.2. The van der Waals surface area contributed by atoms with E-state index in [-0.39, 0.29) is 49.5 Å². The van der Waals surface area contributed by atoms with Crippen molar-refractivity contribution in [3.05, 3.63) is 33.6 Å². The van der Waals surface area contributed by atoms with Crippen LogP contribution < -0.4 is 9.47 Å². The van der Waals surface area contributed by atoms with Gasteiger partial charge in [0.1, 0.15) is 35.3 Å². The van der Waals surface area contributed by atoms with E-state index in [1.807, 2.05) is 51.3 Å². The number of nitrogens with zero attached hydrogens (tertiary/aromatic N) is 4. The molecule has 2 saturated heterocycles. The smallest absolute Gasteiger partial charge is 0.310 e. The van der Waals surface area contributed by atoms with Gasteiger partial charge in [-0.1, -0.05) is 59.6 Å². The lowest BCUT2D eigenvalue weighted by Crippen LogP contribution is -2.48. The second-order valence-corrected chi connectivity index (χ2v) is 21.5. The number of ketones is 1. The minimum absolute atomic E-state index is 0.0605. The van der Waals surface area contributed by atoms with Crippen LogP contribution in [0.4, 0.5) is 0 Å². The molecule has 1 aromatic carbocycles. The number of amides is 1. The van der Waals surface area contributed by atoms with Gasteiger partial charge in [-0.05, 0) is 66.9 Å². The number of carboxylic acid groups (broad SMARTS) is 1. The van der Waals surface area contributed by atoms with Gasteiger partial charge in [0, 0.05) is 55.7 Å². The van der Waals surface area contributed by atoms with Crippen molar-refractivity contribution in [2.75, 3.05) is 46.0 Å². The molecule has 2 aromatic heterocycles. The molecule has 63 heavy (non-hydrogen) atoms. The van der Waals surface area contributed by atoms with E-state index in [1.54, 1.807) is 16.2 Å². The number of hydrogen-bond donors (Lipinski definition) is 1. The lowest BCUT2D eigenvalue weighted by Gasteiger charge is -2.35. The number of aliphatic carboxylic acids is 1. The number of thiazole rings is 1. The Morgan fingerprint density at radius 2 is 1.76 bits per heavy atom. The molecule has 1 N–H and O–H groups in total. The Morgan fingerprint density at radius 1 is 1.02 bits per heavy atom. The molecule has 8 atom stereocenters. The van der Waals surface area contributed by atoms with Crippen LogP contribution in [-0.2, 0) is 35.1 Å². The van der Waals surface area contributed by atoms with Crippen molar-refractivity contribution in [3.63, 3.8) is 0 Å². The van der Waals surface area contributed by atoms with E-state index in [0.29, 0.717) is 89.2 Å². The summed E-state index contributed by atoms with van der Waals surface area (Å²) >= 11 is 8.70. The van der Waals surface area contributed by atoms with Crippen molar-refractivity contribution in [2.24, 2.45) is 40.4 Å². The van der Waals surface area contributed by atoms with Crippen LogP contribution in [0.25, 0.3) is 22.3 Å². The number of carbonyl (C=O) groups excluding carboxylic acids is 3. The quantitative estimate of drug-likeness (QED) is 0.123. The van der Waals surface area contributed by atoms with E-state index in [0.717, 1.165) is 43.9 Å². The molecule has 0 radical (unpaired) electrons. The van der Waals surface area contributed by atoms with Crippen LogP contribution in [-0.4, -0.2) is 113 Å². The highest BCUT2D eigenvalue weighted by Gasteiger charge is 2.61. The summed E-state index contributed by atoms with van der Waals surface area (Å²) in [6.07, 6.45) is 3.91. The predicted octanol–water partition coefficient (Wildman–Crippen LogP) is 8.12. The molecule has 3 aliphatic carbocycles. The lowest BCUT2D eigenvalue weighted by molar-refractivity contribution is -0.157. The van der Waals surface area contributed by atoms with E-state index in [4.69, 9.17) is 40.5 Å². The Morgan fingerprint density at radius 3 is 2.43 bits per heavy atom. The molecule has 0 spiro atoms. The standard InChI is InChI=1S/C48H63ClN4O9S/c1-7-30-23-48(30,46(57)58)24-38(54)37-20-32(25-53(37)45(56)34(47(4,5)6)21-42(55)62-31-18-28-17-29(28)19-31)61-40-22-35(36-26-63-41(50-36)16-27(2)3)51-44-33(40)8-9-39(43(44)49)60-15-12-52-10-13-59-14-11-52/h8-9,22,26-32,34,37H,7,10-21,23-25H2,1-6H3,(H,57,58)/t28-,29+,30?,31?,32-,34?,37+,48-/m1/s1. The lowest BCUT2D eigenvalue weighted by atomic mass is 9.77. The molecule has 4 heterocycles. The number of benzene rings is 1. The first-order valence-electron chi connectivity index (χ1n) is 23.0. The monoisotopic (exact) mass is 906 g/mol. The summed E-state index contributed by atoms with van der Waals surface area (Å²) in [6.45, 7) is 16.3. The maximum absolute atomic E-state index is 14.9. The normalized spacial score (nSPS) is 27.3. The van der Waals surface area contributed by atoms with Gasteiger partial charge < -0.3 is 29.0 Å². The number of fused-ring (bicyclic) bond motifs is 2. The first-order chi connectivity index (χ1) is 30.0. The second-order valence-electron chi connectivity index (χ2n) is 20.2. The summed E-state index contributed by atoms with van der Waals surface area (Å²) in [5.74, 6) is -0.295. The average Bonchev–Trinajstić information content (AvgIpc) is 3.91. The number of esters is 1. The number of hydrogen-bond acceptors (Lipinski definition) is 12. The number of aromatic nitrogens is 2. The molecule has 3 unspecified atom stereocenters. The minimum atomic E-state index is -1.15. The van der Waals surface area contributed by atoms with E-state index in [9.17, 15) is 24.3 Å². The Kier molecular flexibility index (Phi) is 13.5. The van der Waals surface area contributed by atoms with Gasteiger partial charge in [-0.25, -0.2) is 9.97 Å². The zero-order chi connectivity index (χ0) is 44.8. The van der Waals surface area contributed by atoms with E-state index >= 15 is 0 Å². The van der Waals surface area contributed by atoms with Crippen molar-refractivity contribution in [1.82, 2.24) is 19.8 Å². The maximum atomic E-state index is 14.9. The van der Waals surface area contributed by atoms with E-state index in [2.05, 4.69) is 18.7 Å². The number of Topliss-reactive ketones (excluding diaryl/α,β-unsaturated/α-hetero) is 1. The number of carbonyl (C=O) groups is 4. The van der Waals surface area contributed by atoms with Crippen LogP contribution in [0.2, 0.25) is 5.02 Å². The Hall–Kier alpha value is -3.85. The molecular formula is C48H63ClN4O9S. The first-order valence-corrected chi connectivity index (χ1v) is 24.2. The molecule has 13 nitrogen and oxygen atoms in total. The highest BCUT2D eigenvalue weighted by atomic mass is 35.5. The highest BCUT2D eigenvalue weighted by molar-refractivity contribution is 7.09. The van der Waals surface area contributed by atoms with Gasteiger partial charge in [0.25, 0.3) is 0 Å². The molecular weight excluding hydrogens is 844 g/mol. The Balaban J connectivity index is 1.09. The van der Waals surface area contributed by atoms with Gasteiger partial charge in [-0.15, -0.1) is 11.3 Å². The third kappa shape index (κ3) is 10.2. The maximum Gasteiger partial charge on any atom is 0.310 e. The van der Waals surface area contributed by atoms with Crippen LogP contribution in [0.15, 0.2) is 23.6 Å². The summed E-state index contributed by atoms with van der Waals surface area (Å²) in [5, 5.41) is 14.2. The second kappa shape index (κ2) is 18.6. The zero-order valence-corrected chi connectivity index (χ0v) is 39.1. The van der Waals surface area contributed by atoms with Crippen LogP contribution in [0.3, 0.4) is 0 Å². The highest BCUT2D eigenvalue weighted by Crippen LogP contribution is 2.58. The van der Waals surface area contributed by atoms with Crippen molar-refractivity contribution in [2.45, 2.75) is 118 Å². The number of halogens is 1. The number of carboxylic acids is 1. The summed E-state index contributed by atoms with van der Waals surface area (Å²) < 4.78 is 24.5. The van der Waals surface area contributed by atoms with Crippen molar-refractivity contribution >= 4 is 57.5 Å². The van der Waals surface area contributed by atoms with E-state index < -0.39 is 40.8 Å². The fraction of sp³-hybridized carbons (Fsp3) is 0.667. The predicted molar refractivity (Wildman–Crippen MR) is 240 cm³/mol. The molecule has 342 valence electrons. The summed E-state index contributed by atoms with van der Waals surface area (Å²) in [4.78, 5) is 69.3. The van der Waals surface area contributed by atoms with Gasteiger partial charge in [0.15, 0.2) is 5.78 Å². The number of likely N-dealkylation sites (tertiary alicyclic amines) is 1. The third-order valence-corrected chi connectivity index (χ3v) is 15.3. The van der Waals surface area contributed by atoms with Crippen LogP contribution in [0, 0.1) is 40.4 Å². The SMILES string of the molecule is CCC1C[C@]1(CC(=O)[C@@H]1C[C@@H](Oc2cc(-c3csc(CC(C)C)n3)nc3c(Cl)c(OCCN4CCOCC4)ccc23)CN1C(=O)C(CC(=O)OC1C[C@@H]2C[C@@H]2C1)C(C)(C)C)C(=O)O. The molecule has 8 rings (SSSR count). The molecule has 3 aromatic rings. The summed E-state index contributed by atoms with van der Waals surface area (Å²) in [6, 6.07) is 4.57. The number of morpholine rings is 1. The molecule has 3 saturated carbocycles. The largest absolute Gasteiger partial charge is 0.491 e. The number of ether oxygens (including phenoxy) is 4. The van der Waals surface area contributed by atoms with Crippen LogP contribution in [0.5, 0.6) is 11.5 Å². The van der Waals surface area contributed by atoms with Crippen molar-refractivity contribution < 1.29 is 43.2 Å². The van der Waals surface area contributed by atoms with Gasteiger partial charge in [-0.3, -0.25) is 24.1 Å². The number of pyridine rings is 1. The topological polar surface area (TPSA) is 158 Å². The van der Waals surface area contributed by atoms with E-state index in [1.165, 1.54) is 6.42 Å². The van der Waals surface area contributed by atoms with Crippen molar-refractivity contribution in [1.29, 1.82) is 0 Å². The van der Waals surface area contributed by atoms with Crippen molar-refractivity contribution in [3.8, 4) is 22.9 Å². The molecule has 5 aliphatic rings. The third-order valence-electron chi connectivity index (χ3n) is 14.1. The summed E-state index contributed by atoms with van der Waals surface area (Å²) in [7, 11) is 0. The molecule has 1 amide bonds. The Labute approximate surface area is 379 Å². The number of rotatable bonds is 18. The molecule has 2 aliphatic heterocycles. The van der Waals surface area contributed by atoms with Gasteiger partial charge in [0.05, 0.1) is 65.5 Å². The first kappa shape index (κ1) is 45.7. The van der Waals surface area contributed by atoms with Gasteiger partial charge in [0.2, 0.25) is 5.91 Å². The molecule has 5 fully saturated rings. The zero-order valence-electron chi connectivity index (χ0n) is 37.5. The fourth-order valence-corrected chi connectivity index (χ4v) is 11.4. The minimum Gasteiger partial charge on any atom is -0.491 e. The molecule has 0 bridgehead atoms. The Bertz CT molecular complexity index is 2190. The van der Waals surface area contributed by atoms with Crippen LogP contribution in [0.1, 0.15) is 97.9 Å².